The van der Waals surface area contributed by atoms with Crippen molar-refractivity contribution in [1.82, 2.24) is 9.78 Å². The van der Waals surface area contributed by atoms with E-state index < -0.39 is 5.60 Å². The van der Waals surface area contributed by atoms with Crippen LogP contribution in [-0.4, -0.2) is 14.9 Å². The third-order valence-corrected chi connectivity index (χ3v) is 3.70. The normalized spacial score (nSPS) is 14.3. The van der Waals surface area contributed by atoms with E-state index in [0.717, 1.165) is 28.6 Å². The molecule has 0 saturated carbocycles. The molecule has 2 aromatic rings. The Morgan fingerprint density at radius 1 is 1.32 bits per heavy atom. The highest BCUT2D eigenvalue weighted by Crippen LogP contribution is 2.25. The van der Waals surface area contributed by atoms with Gasteiger partial charge in [0.25, 0.3) is 0 Å². The molecule has 0 amide bonds. The Morgan fingerprint density at radius 3 is 2.63 bits per heavy atom. The second kappa shape index (κ2) is 5.88. The molecule has 19 heavy (non-hydrogen) atoms. The second-order valence-corrected chi connectivity index (χ2v) is 5.98. The topological polar surface area (TPSA) is 38.0 Å². The van der Waals surface area contributed by atoms with E-state index in [2.05, 4.69) is 28.0 Å². The van der Waals surface area contributed by atoms with Crippen molar-refractivity contribution in [2.24, 2.45) is 0 Å². The molecule has 1 N–H and O–H groups in total. The summed E-state index contributed by atoms with van der Waals surface area (Å²) < 4.78 is 2.93. The summed E-state index contributed by atoms with van der Waals surface area (Å²) in [6, 6.07) is 8.03. The maximum absolute atomic E-state index is 10.6. The van der Waals surface area contributed by atoms with E-state index in [9.17, 15) is 5.11 Å². The van der Waals surface area contributed by atoms with Crippen molar-refractivity contribution >= 4 is 15.9 Å². The van der Waals surface area contributed by atoms with E-state index in [1.165, 1.54) is 0 Å². The summed E-state index contributed by atoms with van der Waals surface area (Å²) in [4.78, 5) is 0. The fraction of sp³-hybridized carbons (Fsp3) is 0.400. The van der Waals surface area contributed by atoms with Gasteiger partial charge in [0.1, 0.15) is 0 Å². The Bertz CT molecular complexity index is 531. The molecule has 1 heterocycles. The quantitative estimate of drug-likeness (QED) is 0.914. The van der Waals surface area contributed by atoms with E-state index in [-0.39, 0.29) is 0 Å². The van der Waals surface area contributed by atoms with Crippen molar-refractivity contribution in [3.05, 3.63) is 52.3 Å². The highest BCUT2D eigenvalue weighted by atomic mass is 79.9. The fourth-order valence-electron chi connectivity index (χ4n) is 2.09. The van der Waals surface area contributed by atoms with Crippen LogP contribution in [0.4, 0.5) is 0 Å². The largest absolute Gasteiger partial charge is 0.385 e. The fourth-order valence-corrected chi connectivity index (χ4v) is 2.36. The summed E-state index contributed by atoms with van der Waals surface area (Å²) in [5.41, 5.74) is 1.08. The molecule has 0 aliphatic heterocycles. The molecule has 0 aliphatic carbocycles. The van der Waals surface area contributed by atoms with Gasteiger partial charge in [-0.25, -0.2) is 0 Å². The number of rotatable bonds is 5. The molecule has 1 atom stereocenters. The lowest BCUT2D eigenvalue weighted by atomic mass is 9.91. The van der Waals surface area contributed by atoms with Gasteiger partial charge in [0.2, 0.25) is 0 Å². The number of nitrogens with zero attached hydrogens (tertiary/aromatic N) is 2. The Kier molecular flexibility index (Phi) is 4.42. The monoisotopic (exact) mass is 322 g/mol. The first-order valence-corrected chi connectivity index (χ1v) is 7.30. The van der Waals surface area contributed by atoms with Gasteiger partial charge >= 0.3 is 0 Å². The lowest BCUT2D eigenvalue weighted by molar-refractivity contribution is 0.0575. The van der Waals surface area contributed by atoms with E-state index in [1.807, 2.05) is 42.1 Å². The standard InChI is InChI=1S/C15H19BrN2O/c1-3-8-18-11-13(10-17-18)15(2,19)9-12-4-6-14(16)7-5-12/h4-7,10-11,19H,3,8-9H2,1-2H3. The van der Waals surface area contributed by atoms with Crippen LogP contribution < -0.4 is 0 Å². The zero-order valence-corrected chi connectivity index (χ0v) is 12.9. The van der Waals surface area contributed by atoms with Gasteiger partial charge in [-0.1, -0.05) is 35.0 Å². The van der Waals surface area contributed by atoms with Crippen molar-refractivity contribution in [3.63, 3.8) is 0 Å². The minimum atomic E-state index is -0.889. The number of halogens is 1. The zero-order valence-electron chi connectivity index (χ0n) is 11.3. The van der Waals surface area contributed by atoms with E-state index in [1.54, 1.807) is 6.20 Å². The Morgan fingerprint density at radius 2 is 2.00 bits per heavy atom. The summed E-state index contributed by atoms with van der Waals surface area (Å²) in [6.07, 6.45) is 5.31. The van der Waals surface area contributed by atoms with Crippen molar-refractivity contribution in [3.8, 4) is 0 Å². The minimum absolute atomic E-state index is 0.581. The first-order valence-electron chi connectivity index (χ1n) is 6.51. The Labute approximate surface area is 122 Å². The summed E-state index contributed by atoms with van der Waals surface area (Å²) >= 11 is 3.41. The summed E-state index contributed by atoms with van der Waals surface area (Å²) in [7, 11) is 0. The second-order valence-electron chi connectivity index (χ2n) is 5.07. The number of aromatic nitrogens is 2. The van der Waals surface area contributed by atoms with Crippen molar-refractivity contribution in [2.75, 3.05) is 0 Å². The smallest absolute Gasteiger partial charge is 0.0939 e. The van der Waals surface area contributed by atoms with Crippen molar-refractivity contribution < 1.29 is 5.11 Å². The van der Waals surface area contributed by atoms with Crippen LogP contribution in [0.1, 0.15) is 31.4 Å². The van der Waals surface area contributed by atoms with Gasteiger partial charge in [-0.15, -0.1) is 0 Å². The number of aliphatic hydroxyl groups is 1. The molecule has 1 aromatic heterocycles. The van der Waals surface area contributed by atoms with Crippen LogP contribution in [0.15, 0.2) is 41.1 Å². The van der Waals surface area contributed by atoms with Gasteiger partial charge in [-0.05, 0) is 31.0 Å². The van der Waals surface area contributed by atoms with Crippen molar-refractivity contribution in [2.45, 2.75) is 38.8 Å². The van der Waals surface area contributed by atoms with E-state index in [4.69, 9.17) is 0 Å². The average molecular weight is 323 g/mol. The molecule has 1 unspecified atom stereocenters. The number of benzene rings is 1. The Hall–Kier alpha value is -1.13. The predicted molar refractivity (Wildman–Crippen MR) is 79.9 cm³/mol. The van der Waals surface area contributed by atoms with E-state index in [0.29, 0.717) is 6.42 Å². The summed E-state index contributed by atoms with van der Waals surface area (Å²) in [6.45, 7) is 4.83. The first kappa shape index (κ1) is 14.3. The molecule has 0 fully saturated rings. The first-order chi connectivity index (χ1) is 9.01. The van der Waals surface area contributed by atoms with Gasteiger partial charge in [-0.3, -0.25) is 4.68 Å². The van der Waals surface area contributed by atoms with Gasteiger partial charge in [0, 0.05) is 29.2 Å². The maximum atomic E-state index is 10.6. The van der Waals surface area contributed by atoms with Crippen molar-refractivity contribution in [1.29, 1.82) is 0 Å². The van der Waals surface area contributed by atoms with Gasteiger partial charge < -0.3 is 5.11 Å². The Balaban J connectivity index is 2.14. The predicted octanol–water partition coefficient (Wildman–Crippen LogP) is 3.51. The SMILES string of the molecule is CCCn1cc(C(C)(O)Cc2ccc(Br)cc2)cn1. The maximum Gasteiger partial charge on any atom is 0.0939 e. The molecular weight excluding hydrogens is 304 g/mol. The van der Waals surface area contributed by atoms with Gasteiger partial charge in [-0.2, -0.15) is 5.10 Å². The number of hydrogen-bond acceptors (Lipinski definition) is 2. The molecule has 0 saturated heterocycles. The molecule has 0 radical (unpaired) electrons. The van der Waals surface area contributed by atoms with Crippen LogP contribution in [0.2, 0.25) is 0 Å². The van der Waals surface area contributed by atoms with Gasteiger partial charge in [0.05, 0.1) is 11.8 Å². The van der Waals surface area contributed by atoms with Crippen LogP contribution in [0.5, 0.6) is 0 Å². The molecule has 102 valence electrons. The van der Waals surface area contributed by atoms with Crippen LogP contribution in [0.3, 0.4) is 0 Å². The highest BCUT2D eigenvalue weighted by Gasteiger charge is 2.25. The average Bonchev–Trinajstić information content (AvgIpc) is 2.82. The molecule has 0 bridgehead atoms. The molecule has 2 rings (SSSR count). The highest BCUT2D eigenvalue weighted by molar-refractivity contribution is 9.10. The minimum Gasteiger partial charge on any atom is -0.385 e. The van der Waals surface area contributed by atoms with Crippen LogP contribution in [0.25, 0.3) is 0 Å². The van der Waals surface area contributed by atoms with Gasteiger partial charge in [0.15, 0.2) is 0 Å². The third-order valence-electron chi connectivity index (χ3n) is 3.17. The molecule has 1 aromatic carbocycles. The van der Waals surface area contributed by atoms with Crippen LogP contribution >= 0.6 is 15.9 Å². The van der Waals surface area contributed by atoms with Crippen LogP contribution in [-0.2, 0) is 18.6 Å². The molecule has 3 nitrogen and oxygen atoms in total. The van der Waals surface area contributed by atoms with E-state index >= 15 is 0 Å². The number of aryl methyl sites for hydroxylation is 1. The molecule has 4 heteroatoms. The zero-order chi connectivity index (χ0) is 13.9. The lowest BCUT2D eigenvalue weighted by Crippen LogP contribution is -2.23. The third kappa shape index (κ3) is 3.67. The summed E-state index contributed by atoms with van der Waals surface area (Å²) in [5, 5.41) is 14.9. The van der Waals surface area contributed by atoms with Crippen LogP contribution in [0, 0.1) is 0 Å². The lowest BCUT2D eigenvalue weighted by Gasteiger charge is -2.22. The molecule has 0 aliphatic rings. The number of hydrogen-bond donors (Lipinski definition) is 1. The molecular formula is C15H19BrN2O. The summed E-state index contributed by atoms with van der Waals surface area (Å²) in [5.74, 6) is 0. The molecule has 0 spiro atoms.